The van der Waals surface area contributed by atoms with Gasteiger partial charge in [0.25, 0.3) is 0 Å². The lowest BCUT2D eigenvalue weighted by Gasteiger charge is -2.01. The molecule has 5 heteroatoms. The summed E-state index contributed by atoms with van der Waals surface area (Å²) in [6, 6.07) is 3.99. The third-order valence-electron chi connectivity index (χ3n) is 1.73. The van der Waals surface area contributed by atoms with Gasteiger partial charge in [0.15, 0.2) is 5.78 Å². The maximum Gasteiger partial charge on any atom is 0.176 e. The molecule has 0 aliphatic rings. The number of aromatic hydroxyl groups is 1. The zero-order valence-electron chi connectivity index (χ0n) is 7.65. The SMILES string of the molecule is CNCC(=O)c1ccc(O)c(N=O)c1. The summed E-state index contributed by atoms with van der Waals surface area (Å²) in [4.78, 5) is 21.6. The highest BCUT2D eigenvalue weighted by Gasteiger charge is 2.08. The molecule has 0 saturated heterocycles. The van der Waals surface area contributed by atoms with E-state index in [1.807, 2.05) is 0 Å². The van der Waals surface area contributed by atoms with Crippen molar-refractivity contribution >= 4 is 11.5 Å². The van der Waals surface area contributed by atoms with Gasteiger partial charge >= 0.3 is 0 Å². The minimum absolute atomic E-state index is 0.119. The first kappa shape index (κ1) is 10.3. The molecule has 1 aromatic carbocycles. The molecule has 0 atom stereocenters. The smallest absolute Gasteiger partial charge is 0.176 e. The van der Waals surface area contributed by atoms with Crippen LogP contribution in [0, 0.1) is 4.91 Å². The number of hydrogen-bond donors (Lipinski definition) is 2. The standard InChI is InChI=1S/C9H10N2O3/c1-10-5-9(13)6-2-3-8(12)7(4-6)11-14/h2-4,10,12H,5H2,1H3. The van der Waals surface area contributed by atoms with Crippen LogP contribution in [0.1, 0.15) is 10.4 Å². The van der Waals surface area contributed by atoms with E-state index >= 15 is 0 Å². The van der Waals surface area contributed by atoms with Crippen molar-refractivity contribution in [2.45, 2.75) is 0 Å². The van der Waals surface area contributed by atoms with Crippen LogP contribution < -0.4 is 5.32 Å². The number of nitrogens with zero attached hydrogens (tertiary/aromatic N) is 1. The number of ketones is 1. The van der Waals surface area contributed by atoms with Crippen LogP contribution in [0.15, 0.2) is 23.4 Å². The van der Waals surface area contributed by atoms with E-state index in [1.54, 1.807) is 7.05 Å². The van der Waals surface area contributed by atoms with Gasteiger partial charge in [0.1, 0.15) is 11.4 Å². The van der Waals surface area contributed by atoms with Crippen LogP contribution in [0.2, 0.25) is 0 Å². The van der Waals surface area contributed by atoms with Crippen LogP contribution in [-0.2, 0) is 0 Å². The number of carbonyl (C=O) groups is 1. The second-order valence-electron chi connectivity index (χ2n) is 2.75. The Morgan fingerprint density at radius 1 is 1.57 bits per heavy atom. The number of rotatable bonds is 4. The highest BCUT2D eigenvalue weighted by atomic mass is 16.3. The highest BCUT2D eigenvalue weighted by molar-refractivity contribution is 5.98. The molecule has 0 unspecified atom stereocenters. The predicted molar refractivity (Wildman–Crippen MR) is 51.8 cm³/mol. The average molecular weight is 194 g/mol. The molecular formula is C9H10N2O3. The number of phenolic OH excluding ortho intramolecular Hbond substituents is 1. The summed E-state index contributed by atoms with van der Waals surface area (Å²) in [7, 11) is 1.65. The Labute approximate surface area is 80.7 Å². The molecule has 0 fully saturated rings. The first-order chi connectivity index (χ1) is 6.69. The molecule has 74 valence electrons. The molecular weight excluding hydrogens is 184 g/mol. The van der Waals surface area contributed by atoms with Crippen molar-refractivity contribution in [3.05, 3.63) is 28.7 Å². The van der Waals surface area contributed by atoms with Crippen molar-refractivity contribution < 1.29 is 9.90 Å². The van der Waals surface area contributed by atoms with Gasteiger partial charge < -0.3 is 10.4 Å². The quantitative estimate of drug-likeness (QED) is 0.557. The van der Waals surface area contributed by atoms with E-state index in [2.05, 4.69) is 10.5 Å². The predicted octanol–water partition coefficient (Wildman–Crippen LogP) is 1.19. The fourth-order valence-corrected chi connectivity index (χ4v) is 1.03. The third kappa shape index (κ3) is 2.14. The van der Waals surface area contributed by atoms with Crippen LogP contribution in [0.25, 0.3) is 0 Å². The Balaban J connectivity index is 3.00. The molecule has 2 N–H and O–H groups in total. The van der Waals surface area contributed by atoms with Gasteiger partial charge in [-0.3, -0.25) is 4.79 Å². The lowest BCUT2D eigenvalue weighted by Crippen LogP contribution is -2.18. The molecule has 1 rings (SSSR count). The summed E-state index contributed by atoms with van der Waals surface area (Å²) in [6.45, 7) is 0.184. The summed E-state index contributed by atoms with van der Waals surface area (Å²) in [5, 5.41) is 14.4. The maximum absolute atomic E-state index is 11.3. The molecule has 0 amide bonds. The molecule has 0 saturated carbocycles. The number of likely N-dealkylation sites (N-methyl/N-ethyl adjacent to an activating group) is 1. The van der Waals surface area contributed by atoms with Crippen LogP contribution in [-0.4, -0.2) is 24.5 Å². The normalized spacial score (nSPS) is 9.79. The molecule has 14 heavy (non-hydrogen) atoms. The van der Waals surface area contributed by atoms with Crippen LogP contribution in [0.3, 0.4) is 0 Å². The summed E-state index contributed by atoms with van der Waals surface area (Å²) < 4.78 is 0. The minimum Gasteiger partial charge on any atom is -0.506 e. The van der Waals surface area contributed by atoms with E-state index in [9.17, 15) is 9.70 Å². The summed E-state index contributed by atoms with van der Waals surface area (Å²) >= 11 is 0. The van der Waals surface area contributed by atoms with Gasteiger partial charge in [-0.2, -0.15) is 0 Å². The minimum atomic E-state index is -0.221. The Morgan fingerprint density at radius 3 is 2.86 bits per heavy atom. The second kappa shape index (κ2) is 4.48. The van der Waals surface area contributed by atoms with E-state index in [0.29, 0.717) is 5.56 Å². The molecule has 0 aromatic heterocycles. The molecule has 0 spiro atoms. The van der Waals surface area contributed by atoms with E-state index in [0.717, 1.165) is 0 Å². The van der Waals surface area contributed by atoms with Crippen molar-refractivity contribution in [3.8, 4) is 5.75 Å². The topological polar surface area (TPSA) is 78.8 Å². The molecule has 0 heterocycles. The lowest BCUT2D eigenvalue weighted by atomic mass is 10.1. The molecule has 1 aromatic rings. The number of nitroso groups, excluding NO2 is 1. The third-order valence-corrected chi connectivity index (χ3v) is 1.73. The van der Waals surface area contributed by atoms with Crippen LogP contribution in [0.5, 0.6) is 5.75 Å². The van der Waals surface area contributed by atoms with Crippen molar-refractivity contribution in [3.63, 3.8) is 0 Å². The van der Waals surface area contributed by atoms with Gasteiger partial charge in [-0.25, -0.2) is 0 Å². The van der Waals surface area contributed by atoms with Gasteiger partial charge in [-0.05, 0) is 30.4 Å². The first-order valence-corrected chi connectivity index (χ1v) is 4.03. The Hall–Kier alpha value is -1.75. The van der Waals surface area contributed by atoms with Crippen molar-refractivity contribution in [1.82, 2.24) is 5.32 Å². The number of carbonyl (C=O) groups excluding carboxylic acids is 1. The fraction of sp³-hybridized carbons (Fsp3) is 0.222. The first-order valence-electron chi connectivity index (χ1n) is 4.03. The maximum atomic E-state index is 11.3. The zero-order valence-corrected chi connectivity index (χ0v) is 7.65. The van der Waals surface area contributed by atoms with E-state index in [-0.39, 0.29) is 23.8 Å². The summed E-state index contributed by atoms with van der Waals surface area (Å²) in [5.74, 6) is -0.376. The number of nitrogens with one attached hydrogen (secondary N) is 1. The van der Waals surface area contributed by atoms with Crippen LogP contribution in [0.4, 0.5) is 5.69 Å². The fourth-order valence-electron chi connectivity index (χ4n) is 1.03. The Bertz CT molecular complexity index is 363. The molecule has 0 aliphatic carbocycles. The Morgan fingerprint density at radius 2 is 2.29 bits per heavy atom. The van der Waals surface area contributed by atoms with Crippen LogP contribution >= 0.6 is 0 Å². The second-order valence-corrected chi connectivity index (χ2v) is 2.75. The van der Waals surface area contributed by atoms with Gasteiger partial charge in [0, 0.05) is 5.56 Å². The number of hydrogen-bond acceptors (Lipinski definition) is 5. The molecule has 0 aliphatic heterocycles. The van der Waals surface area contributed by atoms with E-state index in [1.165, 1.54) is 18.2 Å². The lowest BCUT2D eigenvalue weighted by molar-refractivity contribution is 0.0993. The van der Waals surface area contributed by atoms with E-state index in [4.69, 9.17) is 5.11 Å². The van der Waals surface area contributed by atoms with Gasteiger partial charge in [-0.1, -0.05) is 0 Å². The molecule has 5 nitrogen and oxygen atoms in total. The Kier molecular flexibility index (Phi) is 3.30. The number of phenols is 1. The largest absolute Gasteiger partial charge is 0.506 e. The molecule has 0 bridgehead atoms. The number of Topliss-reactive ketones (excluding diaryl/α,β-unsaturated/α-hetero) is 1. The van der Waals surface area contributed by atoms with Crippen molar-refractivity contribution in [1.29, 1.82) is 0 Å². The highest BCUT2D eigenvalue weighted by Crippen LogP contribution is 2.26. The molecule has 0 radical (unpaired) electrons. The summed E-state index contributed by atoms with van der Waals surface area (Å²) in [5.41, 5.74) is 0.235. The average Bonchev–Trinajstić information content (AvgIpc) is 2.19. The monoisotopic (exact) mass is 194 g/mol. The van der Waals surface area contributed by atoms with Gasteiger partial charge in [0.05, 0.1) is 6.54 Å². The number of benzene rings is 1. The summed E-state index contributed by atoms with van der Waals surface area (Å²) in [6.07, 6.45) is 0. The van der Waals surface area contributed by atoms with E-state index < -0.39 is 0 Å². The van der Waals surface area contributed by atoms with Gasteiger partial charge in [-0.15, -0.1) is 4.91 Å². The van der Waals surface area contributed by atoms with Gasteiger partial charge in [0.2, 0.25) is 0 Å². The zero-order chi connectivity index (χ0) is 10.6. The van der Waals surface area contributed by atoms with Crippen molar-refractivity contribution in [2.75, 3.05) is 13.6 Å². The van der Waals surface area contributed by atoms with Crippen molar-refractivity contribution in [2.24, 2.45) is 5.18 Å².